The van der Waals surface area contributed by atoms with E-state index in [4.69, 9.17) is 4.42 Å². The number of hydrogen-bond acceptors (Lipinski definition) is 2. The zero-order valence-electron chi connectivity index (χ0n) is 18.7. The van der Waals surface area contributed by atoms with E-state index in [1.165, 1.54) is 22.3 Å². The van der Waals surface area contributed by atoms with Crippen molar-refractivity contribution in [2.24, 2.45) is 0 Å². The number of furan rings is 1. The highest BCUT2D eigenvalue weighted by molar-refractivity contribution is 5.98. The molecule has 2 nitrogen and oxygen atoms in total. The van der Waals surface area contributed by atoms with Gasteiger partial charge in [0.05, 0.1) is 5.69 Å². The van der Waals surface area contributed by atoms with Crippen LogP contribution in [0.3, 0.4) is 0 Å². The van der Waals surface area contributed by atoms with Crippen molar-refractivity contribution in [2.75, 3.05) is 4.90 Å². The number of fused-ring (bicyclic) bond motifs is 4. The lowest BCUT2D eigenvalue weighted by Gasteiger charge is -2.25. The Kier molecular flexibility index (Phi) is 4.66. The van der Waals surface area contributed by atoms with Gasteiger partial charge in [0, 0.05) is 34.8 Å². The van der Waals surface area contributed by atoms with Gasteiger partial charge in [-0.1, -0.05) is 72.8 Å². The maximum atomic E-state index is 6.24. The maximum Gasteiger partial charge on any atom is 0.135 e. The maximum absolute atomic E-state index is 6.24. The first-order chi connectivity index (χ1) is 16.2. The van der Waals surface area contributed by atoms with E-state index in [1.54, 1.807) is 0 Å². The van der Waals surface area contributed by atoms with Gasteiger partial charge < -0.3 is 9.32 Å². The number of anilines is 2. The van der Waals surface area contributed by atoms with E-state index in [-0.39, 0.29) is 0 Å². The van der Waals surface area contributed by atoms with Gasteiger partial charge in [-0.05, 0) is 60.4 Å². The van der Waals surface area contributed by atoms with Crippen LogP contribution in [0.15, 0.2) is 102 Å². The summed E-state index contributed by atoms with van der Waals surface area (Å²) >= 11 is 0. The van der Waals surface area contributed by atoms with E-state index in [0.717, 1.165) is 52.1 Å². The van der Waals surface area contributed by atoms with Crippen LogP contribution >= 0.6 is 0 Å². The van der Waals surface area contributed by atoms with Crippen LogP contribution in [-0.4, -0.2) is 0 Å². The lowest BCUT2D eigenvalue weighted by atomic mass is 9.97. The monoisotopic (exact) mass is 427 g/mol. The highest BCUT2D eigenvalue weighted by Gasteiger charge is 2.21. The van der Waals surface area contributed by atoms with Crippen LogP contribution in [0, 0.1) is 6.92 Å². The third-order valence-corrected chi connectivity index (χ3v) is 6.52. The molecular formula is C31H25NO. The van der Waals surface area contributed by atoms with Crippen LogP contribution in [0.25, 0.3) is 33.7 Å². The molecule has 0 saturated carbocycles. The normalized spacial score (nSPS) is 16.8. The molecule has 0 atom stereocenters. The number of allylic oxidation sites excluding steroid dienone is 5. The fourth-order valence-corrected chi connectivity index (χ4v) is 4.70. The van der Waals surface area contributed by atoms with E-state index in [2.05, 4.69) is 110 Å². The van der Waals surface area contributed by atoms with Gasteiger partial charge in [0.2, 0.25) is 0 Å². The molecule has 2 heterocycles. The molecule has 0 bridgehead atoms. The minimum Gasteiger partial charge on any atom is -0.460 e. The molecule has 2 heteroatoms. The van der Waals surface area contributed by atoms with Crippen molar-refractivity contribution >= 4 is 34.0 Å². The summed E-state index contributed by atoms with van der Waals surface area (Å²) < 4.78 is 6.24. The van der Waals surface area contributed by atoms with Crippen LogP contribution in [-0.2, 0) is 6.42 Å². The third-order valence-electron chi connectivity index (χ3n) is 6.52. The molecule has 3 aromatic carbocycles. The molecule has 33 heavy (non-hydrogen) atoms. The fourth-order valence-electron chi connectivity index (χ4n) is 4.70. The summed E-state index contributed by atoms with van der Waals surface area (Å²) in [5, 5.41) is 1.16. The van der Waals surface area contributed by atoms with E-state index in [9.17, 15) is 0 Å². The lowest BCUT2D eigenvalue weighted by molar-refractivity contribution is 0.546. The van der Waals surface area contributed by atoms with Gasteiger partial charge >= 0.3 is 0 Å². The van der Waals surface area contributed by atoms with Gasteiger partial charge in [0.25, 0.3) is 0 Å². The molecule has 0 N–H and O–H groups in total. The second kappa shape index (κ2) is 7.83. The first kappa shape index (κ1) is 19.6. The van der Waals surface area contributed by atoms with Crippen molar-refractivity contribution in [1.29, 1.82) is 0 Å². The lowest BCUT2D eigenvalue weighted by Crippen LogP contribution is -2.11. The fraction of sp³-hybridized carbons (Fsp3) is 0.0968. The number of hydrogen-bond donors (Lipinski definition) is 0. The van der Waals surface area contributed by atoms with Gasteiger partial charge in [-0.25, -0.2) is 0 Å². The molecule has 0 amide bonds. The first-order valence-electron chi connectivity index (χ1n) is 11.4. The molecule has 0 saturated heterocycles. The summed E-state index contributed by atoms with van der Waals surface area (Å²) in [5.41, 5.74) is 10.1. The molecule has 0 radical (unpaired) electrons. The Morgan fingerprint density at radius 1 is 0.879 bits per heavy atom. The number of benzene rings is 3. The molecule has 1 aliphatic carbocycles. The van der Waals surface area contributed by atoms with Gasteiger partial charge in [-0.15, -0.1) is 0 Å². The van der Waals surface area contributed by atoms with Crippen LogP contribution in [0.1, 0.15) is 28.9 Å². The highest BCUT2D eigenvalue weighted by atomic mass is 16.3. The zero-order valence-corrected chi connectivity index (χ0v) is 18.7. The minimum absolute atomic E-state index is 0.930. The first-order valence-corrected chi connectivity index (χ1v) is 11.4. The SMILES string of the molecule is C=C1/C=C\C=C/N(c2ccc(-c3ccc(C)cc3)cc2)c2cc3c4c(oc3cc21)CCC=C4. The van der Waals surface area contributed by atoms with Gasteiger partial charge in [-0.3, -0.25) is 0 Å². The van der Waals surface area contributed by atoms with Crippen LogP contribution in [0.5, 0.6) is 0 Å². The largest absolute Gasteiger partial charge is 0.460 e. The Bertz CT molecular complexity index is 1460. The third kappa shape index (κ3) is 3.44. The Morgan fingerprint density at radius 2 is 1.64 bits per heavy atom. The van der Waals surface area contributed by atoms with Crippen molar-refractivity contribution in [3.8, 4) is 11.1 Å². The van der Waals surface area contributed by atoms with Crippen molar-refractivity contribution in [3.63, 3.8) is 0 Å². The topological polar surface area (TPSA) is 16.4 Å². The summed E-state index contributed by atoms with van der Waals surface area (Å²) in [6, 6.07) is 21.8. The zero-order chi connectivity index (χ0) is 22.4. The van der Waals surface area contributed by atoms with Crippen molar-refractivity contribution in [1.82, 2.24) is 0 Å². The summed E-state index contributed by atoms with van der Waals surface area (Å²) in [7, 11) is 0. The smallest absolute Gasteiger partial charge is 0.135 e. The second-order valence-electron chi connectivity index (χ2n) is 8.75. The van der Waals surface area contributed by atoms with Crippen molar-refractivity contribution in [2.45, 2.75) is 19.8 Å². The Labute approximate surface area is 194 Å². The van der Waals surface area contributed by atoms with Gasteiger partial charge in [0.1, 0.15) is 11.3 Å². The number of aryl methyl sites for hydroxylation is 2. The van der Waals surface area contributed by atoms with Gasteiger partial charge in [-0.2, -0.15) is 0 Å². The Morgan fingerprint density at radius 3 is 2.42 bits per heavy atom. The van der Waals surface area contributed by atoms with Crippen LogP contribution in [0.2, 0.25) is 0 Å². The average molecular weight is 428 g/mol. The summed E-state index contributed by atoms with van der Waals surface area (Å²) in [4.78, 5) is 2.24. The predicted molar refractivity (Wildman–Crippen MR) is 140 cm³/mol. The van der Waals surface area contributed by atoms with Crippen molar-refractivity contribution < 1.29 is 4.42 Å². The summed E-state index contributed by atoms with van der Waals surface area (Å²) in [6.45, 7) is 6.45. The number of rotatable bonds is 2. The summed E-state index contributed by atoms with van der Waals surface area (Å²) in [6.07, 6.45) is 14.7. The molecule has 0 unspecified atom stereocenters. The Hall–Kier alpha value is -4.04. The van der Waals surface area contributed by atoms with Crippen LogP contribution < -0.4 is 4.90 Å². The van der Waals surface area contributed by atoms with E-state index in [0.29, 0.717) is 0 Å². The molecular weight excluding hydrogens is 402 g/mol. The van der Waals surface area contributed by atoms with E-state index in [1.807, 2.05) is 6.08 Å². The molecule has 4 aromatic rings. The van der Waals surface area contributed by atoms with Crippen LogP contribution in [0.4, 0.5) is 11.4 Å². The van der Waals surface area contributed by atoms with E-state index >= 15 is 0 Å². The standard InChI is InChI=1S/C31H25NO/c1-21-10-12-23(13-11-21)24-14-16-25(17-15-24)32-18-6-5-7-22(2)27-20-31-28(19-29(27)32)26-8-3-4-9-30(26)33-31/h3,5-8,10-20H,2,4,9H2,1H3/b7-5-,18-6-. The second-order valence-corrected chi connectivity index (χ2v) is 8.75. The molecule has 160 valence electrons. The molecule has 0 fully saturated rings. The predicted octanol–water partition coefficient (Wildman–Crippen LogP) is 8.60. The molecule has 1 aliphatic heterocycles. The van der Waals surface area contributed by atoms with E-state index < -0.39 is 0 Å². The average Bonchev–Trinajstić information content (AvgIpc) is 3.21. The summed E-state index contributed by atoms with van der Waals surface area (Å²) in [5.74, 6) is 1.08. The minimum atomic E-state index is 0.930. The highest BCUT2D eigenvalue weighted by Crippen LogP contribution is 2.41. The molecule has 0 spiro atoms. The Balaban J connectivity index is 1.48. The van der Waals surface area contributed by atoms with Gasteiger partial charge in [0.15, 0.2) is 0 Å². The van der Waals surface area contributed by atoms with Crippen molar-refractivity contribution in [3.05, 3.63) is 120 Å². The molecule has 2 aliphatic rings. The quantitative estimate of drug-likeness (QED) is 0.318. The number of nitrogens with zero attached hydrogens (tertiary/aromatic N) is 1. The molecule has 6 rings (SSSR count). The molecule has 1 aromatic heterocycles.